The Labute approximate surface area is 83.7 Å². The molecule has 0 aliphatic carbocycles. The van der Waals surface area contributed by atoms with E-state index in [-0.39, 0.29) is 5.78 Å². The van der Waals surface area contributed by atoms with Crippen LogP contribution in [0.3, 0.4) is 0 Å². The van der Waals surface area contributed by atoms with Crippen LogP contribution in [0.15, 0.2) is 18.2 Å². The number of benzene rings is 1. The average Bonchev–Trinajstić information content (AvgIpc) is 2.09. The molecule has 1 aromatic rings. The van der Waals surface area contributed by atoms with Crippen molar-refractivity contribution in [2.24, 2.45) is 0 Å². The van der Waals surface area contributed by atoms with E-state index in [2.05, 4.69) is 0 Å². The van der Waals surface area contributed by atoms with Crippen LogP contribution in [0.25, 0.3) is 0 Å². The van der Waals surface area contributed by atoms with Gasteiger partial charge in [-0.2, -0.15) is 0 Å². The fraction of sp³-hybridized carbons (Fsp3) is 0.364. The fourth-order valence-corrected chi connectivity index (χ4v) is 1.43. The molecule has 0 atom stereocenters. The minimum absolute atomic E-state index is 0.183. The van der Waals surface area contributed by atoms with Crippen molar-refractivity contribution in [1.29, 1.82) is 0 Å². The SMILES string of the molecule is CCCC(=O)c1cc(Cl)ccc1C. The molecule has 1 aromatic carbocycles. The molecular weight excluding hydrogens is 184 g/mol. The predicted octanol–water partition coefficient (Wildman–Crippen LogP) is 3.63. The summed E-state index contributed by atoms with van der Waals surface area (Å²) >= 11 is 5.81. The summed E-state index contributed by atoms with van der Waals surface area (Å²) in [6.45, 7) is 3.93. The van der Waals surface area contributed by atoms with Gasteiger partial charge in [-0.25, -0.2) is 0 Å². The average molecular weight is 197 g/mol. The van der Waals surface area contributed by atoms with E-state index in [9.17, 15) is 4.79 Å². The lowest BCUT2D eigenvalue weighted by Crippen LogP contribution is -2.00. The molecule has 0 aliphatic rings. The minimum Gasteiger partial charge on any atom is -0.294 e. The maximum Gasteiger partial charge on any atom is 0.163 e. The number of halogens is 1. The lowest BCUT2D eigenvalue weighted by Gasteiger charge is -2.03. The van der Waals surface area contributed by atoms with E-state index in [1.165, 1.54) is 0 Å². The lowest BCUT2D eigenvalue weighted by atomic mass is 10.0. The first-order valence-corrected chi connectivity index (χ1v) is 4.82. The Balaban J connectivity index is 2.99. The van der Waals surface area contributed by atoms with E-state index in [1.54, 1.807) is 12.1 Å². The highest BCUT2D eigenvalue weighted by Crippen LogP contribution is 2.17. The standard InChI is InChI=1S/C11H13ClO/c1-3-4-11(13)10-7-9(12)6-5-8(10)2/h5-7H,3-4H2,1-2H3. The zero-order valence-corrected chi connectivity index (χ0v) is 8.69. The summed E-state index contributed by atoms with van der Waals surface area (Å²) in [5.74, 6) is 0.183. The molecule has 0 spiro atoms. The molecule has 0 aliphatic heterocycles. The third-order valence-electron chi connectivity index (χ3n) is 1.98. The van der Waals surface area contributed by atoms with Gasteiger partial charge in [0.25, 0.3) is 0 Å². The minimum atomic E-state index is 0.183. The quantitative estimate of drug-likeness (QED) is 0.675. The lowest BCUT2D eigenvalue weighted by molar-refractivity contribution is 0.0981. The van der Waals surface area contributed by atoms with E-state index in [1.807, 2.05) is 19.9 Å². The molecule has 0 heterocycles. The van der Waals surface area contributed by atoms with Crippen molar-refractivity contribution in [1.82, 2.24) is 0 Å². The van der Waals surface area contributed by atoms with Crippen LogP contribution in [0, 0.1) is 6.92 Å². The molecule has 0 fully saturated rings. The summed E-state index contributed by atoms with van der Waals surface area (Å²) in [7, 11) is 0. The molecule has 0 saturated carbocycles. The van der Waals surface area contributed by atoms with Crippen molar-refractivity contribution < 1.29 is 4.79 Å². The van der Waals surface area contributed by atoms with Crippen LogP contribution >= 0.6 is 11.6 Å². The largest absolute Gasteiger partial charge is 0.294 e. The van der Waals surface area contributed by atoms with Crippen LogP contribution in [-0.4, -0.2) is 5.78 Å². The van der Waals surface area contributed by atoms with Crippen molar-refractivity contribution in [2.75, 3.05) is 0 Å². The number of hydrogen-bond acceptors (Lipinski definition) is 1. The van der Waals surface area contributed by atoms with Crippen LogP contribution in [0.2, 0.25) is 5.02 Å². The highest BCUT2D eigenvalue weighted by atomic mass is 35.5. The summed E-state index contributed by atoms with van der Waals surface area (Å²) in [6, 6.07) is 5.43. The summed E-state index contributed by atoms with van der Waals surface area (Å²) in [5.41, 5.74) is 1.76. The van der Waals surface area contributed by atoms with Gasteiger partial charge >= 0.3 is 0 Å². The highest BCUT2D eigenvalue weighted by molar-refractivity contribution is 6.31. The van der Waals surface area contributed by atoms with E-state index >= 15 is 0 Å². The van der Waals surface area contributed by atoms with Crippen LogP contribution in [-0.2, 0) is 0 Å². The molecule has 0 N–H and O–H groups in total. The highest BCUT2D eigenvalue weighted by Gasteiger charge is 2.07. The Kier molecular flexibility index (Phi) is 3.49. The number of aryl methyl sites for hydroxylation is 1. The van der Waals surface area contributed by atoms with E-state index < -0.39 is 0 Å². The topological polar surface area (TPSA) is 17.1 Å². The first kappa shape index (κ1) is 10.3. The number of Topliss-reactive ketones (excluding diaryl/α,β-unsaturated/α-hetero) is 1. The Morgan fingerprint density at radius 2 is 2.15 bits per heavy atom. The van der Waals surface area contributed by atoms with Gasteiger partial charge in [-0.1, -0.05) is 24.6 Å². The maximum atomic E-state index is 11.6. The second kappa shape index (κ2) is 4.43. The number of hydrogen-bond donors (Lipinski definition) is 0. The summed E-state index contributed by atoms with van der Waals surface area (Å²) in [4.78, 5) is 11.6. The summed E-state index contributed by atoms with van der Waals surface area (Å²) < 4.78 is 0. The molecule has 2 heteroatoms. The number of rotatable bonds is 3. The van der Waals surface area contributed by atoms with E-state index in [0.717, 1.165) is 17.5 Å². The first-order valence-electron chi connectivity index (χ1n) is 4.44. The van der Waals surface area contributed by atoms with Crippen LogP contribution in [0.5, 0.6) is 0 Å². The Morgan fingerprint density at radius 3 is 2.77 bits per heavy atom. The smallest absolute Gasteiger partial charge is 0.163 e. The normalized spacial score (nSPS) is 10.1. The van der Waals surface area contributed by atoms with Gasteiger partial charge in [-0.3, -0.25) is 4.79 Å². The third kappa shape index (κ3) is 2.56. The molecule has 70 valence electrons. The molecule has 0 unspecified atom stereocenters. The Bertz CT molecular complexity index is 318. The Morgan fingerprint density at radius 1 is 1.46 bits per heavy atom. The van der Waals surface area contributed by atoms with Crippen molar-refractivity contribution in [3.8, 4) is 0 Å². The van der Waals surface area contributed by atoms with Gasteiger partial charge in [0.15, 0.2) is 5.78 Å². The van der Waals surface area contributed by atoms with Crippen molar-refractivity contribution in [2.45, 2.75) is 26.7 Å². The Hall–Kier alpha value is -0.820. The van der Waals surface area contributed by atoms with Gasteiger partial charge in [-0.05, 0) is 31.0 Å². The zero-order valence-electron chi connectivity index (χ0n) is 7.93. The van der Waals surface area contributed by atoms with Crippen LogP contribution in [0.1, 0.15) is 35.7 Å². The first-order chi connectivity index (χ1) is 6.15. The van der Waals surface area contributed by atoms with Crippen LogP contribution in [0.4, 0.5) is 0 Å². The van der Waals surface area contributed by atoms with E-state index in [4.69, 9.17) is 11.6 Å². The van der Waals surface area contributed by atoms with Crippen molar-refractivity contribution in [3.05, 3.63) is 34.3 Å². The van der Waals surface area contributed by atoms with Gasteiger partial charge in [0.1, 0.15) is 0 Å². The second-order valence-electron chi connectivity index (χ2n) is 3.13. The summed E-state index contributed by atoms with van der Waals surface area (Å²) in [6.07, 6.45) is 1.48. The monoisotopic (exact) mass is 196 g/mol. The molecule has 1 nitrogen and oxygen atoms in total. The fourth-order valence-electron chi connectivity index (χ4n) is 1.26. The number of carbonyl (C=O) groups excluding carboxylic acids is 1. The van der Waals surface area contributed by atoms with Crippen LogP contribution < -0.4 is 0 Å². The van der Waals surface area contributed by atoms with Gasteiger partial charge in [0, 0.05) is 17.0 Å². The van der Waals surface area contributed by atoms with Gasteiger partial charge < -0.3 is 0 Å². The summed E-state index contributed by atoms with van der Waals surface area (Å²) in [5, 5.41) is 0.630. The second-order valence-corrected chi connectivity index (χ2v) is 3.57. The molecule has 0 saturated heterocycles. The number of ketones is 1. The zero-order chi connectivity index (χ0) is 9.84. The van der Waals surface area contributed by atoms with E-state index in [0.29, 0.717) is 11.4 Å². The van der Waals surface area contributed by atoms with Crippen molar-refractivity contribution in [3.63, 3.8) is 0 Å². The predicted molar refractivity (Wildman–Crippen MR) is 55.4 cm³/mol. The number of carbonyl (C=O) groups is 1. The molecule has 0 bridgehead atoms. The molecule has 0 radical (unpaired) electrons. The van der Waals surface area contributed by atoms with Gasteiger partial charge in [-0.15, -0.1) is 0 Å². The van der Waals surface area contributed by atoms with Gasteiger partial charge in [0.05, 0.1) is 0 Å². The molecule has 0 aromatic heterocycles. The maximum absolute atomic E-state index is 11.6. The molecular formula is C11H13ClO. The molecule has 0 amide bonds. The molecule has 1 rings (SSSR count). The van der Waals surface area contributed by atoms with Crippen molar-refractivity contribution >= 4 is 17.4 Å². The third-order valence-corrected chi connectivity index (χ3v) is 2.21. The van der Waals surface area contributed by atoms with Gasteiger partial charge in [0.2, 0.25) is 0 Å². The molecule has 13 heavy (non-hydrogen) atoms.